The van der Waals surface area contributed by atoms with Crippen LogP contribution in [0.15, 0.2) is 24.3 Å². The maximum Gasteiger partial charge on any atom is 0.304 e. The van der Waals surface area contributed by atoms with Gasteiger partial charge in [0.25, 0.3) is 0 Å². The summed E-state index contributed by atoms with van der Waals surface area (Å²) in [6, 6.07) is 6.87. The quantitative estimate of drug-likeness (QED) is 0.649. The van der Waals surface area contributed by atoms with Crippen LogP contribution in [0.4, 0.5) is 0 Å². The summed E-state index contributed by atoms with van der Waals surface area (Å²) in [5.41, 5.74) is 5.85. The molecule has 0 radical (unpaired) electrons. The molecule has 0 aliphatic carbocycles. The van der Waals surface area contributed by atoms with Gasteiger partial charge in [0.05, 0.1) is 18.9 Å². The Balaban J connectivity index is 2.55. The molecule has 0 aliphatic heterocycles. The van der Waals surface area contributed by atoms with E-state index in [4.69, 9.17) is 15.6 Å². The average Bonchev–Trinajstić information content (AvgIpc) is 2.45. The summed E-state index contributed by atoms with van der Waals surface area (Å²) in [5, 5.41) is 8.80. The highest BCUT2D eigenvalue weighted by Crippen LogP contribution is 2.22. The first-order valence-corrected chi connectivity index (χ1v) is 7.28. The fourth-order valence-corrected chi connectivity index (χ4v) is 2.07. The summed E-state index contributed by atoms with van der Waals surface area (Å²) in [7, 11) is 0. The van der Waals surface area contributed by atoms with Crippen LogP contribution in [0.1, 0.15) is 50.5 Å². The van der Waals surface area contributed by atoms with Gasteiger partial charge in [0.1, 0.15) is 5.75 Å². The van der Waals surface area contributed by atoms with Crippen LogP contribution in [-0.4, -0.2) is 23.6 Å². The Kier molecular flexibility index (Phi) is 7.29. The van der Waals surface area contributed by atoms with Crippen molar-refractivity contribution in [3.05, 3.63) is 29.8 Å². The molecular weight excluding hydrogens is 270 g/mol. The highest BCUT2D eigenvalue weighted by Gasteiger charge is 2.21. The van der Waals surface area contributed by atoms with Gasteiger partial charge in [-0.2, -0.15) is 0 Å². The number of primary amides is 1. The topological polar surface area (TPSA) is 89.6 Å². The number of carbonyl (C=O) groups is 2. The molecule has 0 saturated carbocycles. The molecule has 5 heteroatoms. The van der Waals surface area contributed by atoms with Crippen LogP contribution < -0.4 is 10.5 Å². The molecular formula is C16H23NO4. The number of aliphatic carboxylic acids is 1. The average molecular weight is 293 g/mol. The summed E-state index contributed by atoms with van der Waals surface area (Å²) in [4.78, 5) is 22.1. The van der Waals surface area contributed by atoms with Crippen molar-refractivity contribution < 1.29 is 19.4 Å². The normalized spacial score (nSPS) is 11.9. The van der Waals surface area contributed by atoms with Gasteiger partial charge in [-0.3, -0.25) is 9.59 Å². The zero-order valence-electron chi connectivity index (χ0n) is 12.4. The Labute approximate surface area is 125 Å². The third-order valence-electron chi connectivity index (χ3n) is 3.27. The van der Waals surface area contributed by atoms with Crippen LogP contribution >= 0.6 is 0 Å². The van der Waals surface area contributed by atoms with E-state index in [9.17, 15) is 9.59 Å². The zero-order chi connectivity index (χ0) is 15.7. The van der Waals surface area contributed by atoms with Crippen molar-refractivity contribution in [2.75, 3.05) is 6.61 Å². The molecule has 0 unspecified atom stereocenters. The van der Waals surface area contributed by atoms with Crippen LogP contribution in [0.3, 0.4) is 0 Å². The molecule has 0 aromatic heterocycles. The molecule has 5 nitrogen and oxygen atoms in total. The van der Waals surface area contributed by atoms with Crippen molar-refractivity contribution >= 4 is 11.9 Å². The van der Waals surface area contributed by atoms with Crippen molar-refractivity contribution in [1.82, 2.24) is 0 Å². The second-order valence-electron chi connectivity index (χ2n) is 5.03. The lowest BCUT2D eigenvalue weighted by atomic mass is 9.95. The van der Waals surface area contributed by atoms with Gasteiger partial charge < -0.3 is 15.6 Å². The summed E-state index contributed by atoms with van der Waals surface area (Å²) >= 11 is 0. The standard InChI is InChI=1S/C16H23NO4/c1-2-3-4-5-10-21-13-8-6-12(7-9-13)14(16(17)20)11-15(18)19/h6-9,14H,2-5,10-11H2,1H3,(H2,17,20)(H,18,19)/t14-/m1/s1. The molecule has 1 atom stereocenters. The molecule has 0 fully saturated rings. The van der Waals surface area contributed by atoms with Crippen molar-refractivity contribution in [2.24, 2.45) is 5.73 Å². The minimum absolute atomic E-state index is 0.299. The van der Waals surface area contributed by atoms with Gasteiger partial charge in [-0.05, 0) is 24.1 Å². The lowest BCUT2D eigenvalue weighted by Crippen LogP contribution is -2.23. The van der Waals surface area contributed by atoms with Crippen molar-refractivity contribution in [3.8, 4) is 5.75 Å². The molecule has 21 heavy (non-hydrogen) atoms. The van der Waals surface area contributed by atoms with Gasteiger partial charge >= 0.3 is 5.97 Å². The van der Waals surface area contributed by atoms with Crippen LogP contribution in [0.2, 0.25) is 0 Å². The molecule has 0 spiro atoms. The predicted octanol–water partition coefficient (Wildman–Crippen LogP) is 2.69. The monoisotopic (exact) mass is 293 g/mol. The summed E-state index contributed by atoms with van der Waals surface area (Å²) < 4.78 is 5.60. The van der Waals surface area contributed by atoms with Crippen LogP contribution in [-0.2, 0) is 9.59 Å². The van der Waals surface area contributed by atoms with E-state index in [2.05, 4.69) is 6.92 Å². The maximum atomic E-state index is 11.3. The number of hydrogen-bond acceptors (Lipinski definition) is 3. The SMILES string of the molecule is CCCCCCOc1ccc([C@@H](CC(=O)O)C(N)=O)cc1. The van der Waals surface area contributed by atoms with E-state index >= 15 is 0 Å². The number of nitrogens with two attached hydrogens (primary N) is 1. The largest absolute Gasteiger partial charge is 0.494 e. The molecule has 0 saturated heterocycles. The molecule has 116 valence electrons. The molecule has 1 aromatic carbocycles. The fraction of sp³-hybridized carbons (Fsp3) is 0.500. The number of carbonyl (C=O) groups excluding carboxylic acids is 1. The van der Waals surface area contributed by atoms with Crippen molar-refractivity contribution in [1.29, 1.82) is 0 Å². The number of carboxylic acid groups (broad SMARTS) is 1. The van der Waals surface area contributed by atoms with E-state index in [1.54, 1.807) is 24.3 Å². The number of unbranched alkanes of at least 4 members (excludes halogenated alkanes) is 3. The summed E-state index contributed by atoms with van der Waals surface area (Å²) in [6.45, 7) is 2.82. The Morgan fingerprint density at radius 2 is 1.86 bits per heavy atom. The second kappa shape index (κ2) is 9.00. The Bertz CT molecular complexity index is 456. The molecule has 0 heterocycles. The minimum Gasteiger partial charge on any atom is -0.494 e. The highest BCUT2D eigenvalue weighted by atomic mass is 16.5. The first-order valence-electron chi connectivity index (χ1n) is 7.28. The Morgan fingerprint density at radius 3 is 2.38 bits per heavy atom. The second-order valence-corrected chi connectivity index (χ2v) is 5.03. The summed E-state index contributed by atoms with van der Waals surface area (Å²) in [6.07, 6.45) is 4.26. The number of hydrogen-bond donors (Lipinski definition) is 2. The van der Waals surface area contributed by atoms with Gasteiger partial charge in [-0.15, -0.1) is 0 Å². The van der Waals surface area contributed by atoms with Gasteiger partial charge in [0, 0.05) is 0 Å². The predicted molar refractivity (Wildman–Crippen MR) is 80.3 cm³/mol. The minimum atomic E-state index is -1.05. The number of ether oxygens (including phenoxy) is 1. The Hall–Kier alpha value is -2.04. The van der Waals surface area contributed by atoms with E-state index in [0.29, 0.717) is 17.9 Å². The number of benzene rings is 1. The van der Waals surface area contributed by atoms with Gasteiger partial charge in [0.2, 0.25) is 5.91 Å². The van der Waals surface area contributed by atoms with E-state index in [1.165, 1.54) is 12.8 Å². The number of amides is 1. The molecule has 0 bridgehead atoms. The zero-order valence-corrected chi connectivity index (χ0v) is 12.4. The van der Waals surface area contributed by atoms with E-state index < -0.39 is 17.8 Å². The van der Waals surface area contributed by atoms with Crippen LogP contribution in [0.25, 0.3) is 0 Å². The lowest BCUT2D eigenvalue weighted by molar-refractivity contribution is -0.139. The summed E-state index contributed by atoms with van der Waals surface area (Å²) in [5.74, 6) is -1.77. The number of carboxylic acids is 1. The third kappa shape index (κ3) is 6.29. The molecule has 0 aliphatic rings. The smallest absolute Gasteiger partial charge is 0.304 e. The van der Waals surface area contributed by atoms with Gasteiger partial charge in [-0.25, -0.2) is 0 Å². The lowest BCUT2D eigenvalue weighted by Gasteiger charge is -2.12. The third-order valence-corrected chi connectivity index (χ3v) is 3.27. The number of rotatable bonds is 10. The maximum absolute atomic E-state index is 11.3. The van der Waals surface area contributed by atoms with E-state index in [1.807, 2.05) is 0 Å². The molecule has 1 rings (SSSR count). The molecule has 1 aromatic rings. The first kappa shape index (κ1) is 17.0. The highest BCUT2D eigenvalue weighted by molar-refractivity contribution is 5.86. The van der Waals surface area contributed by atoms with Crippen molar-refractivity contribution in [3.63, 3.8) is 0 Å². The van der Waals surface area contributed by atoms with Crippen LogP contribution in [0, 0.1) is 0 Å². The fourth-order valence-electron chi connectivity index (χ4n) is 2.07. The van der Waals surface area contributed by atoms with Crippen LogP contribution in [0.5, 0.6) is 5.75 Å². The molecule has 3 N–H and O–H groups in total. The van der Waals surface area contributed by atoms with Crippen molar-refractivity contribution in [2.45, 2.75) is 44.9 Å². The molecule has 1 amide bonds. The van der Waals surface area contributed by atoms with Gasteiger partial charge in [0.15, 0.2) is 0 Å². The Morgan fingerprint density at radius 1 is 1.19 bits per heavy atom. The first-order chi connectivity index (χ1) is 10.0. The van der Waals surface area contributed by atoms with E-state index in [0.717, 1.165) is 12.8 Å². The van der Waals surface area contributed by atoms with E-state index in [-0.39, 0.29) is 6.42 Å². The van der Waals surface area contributed by atoms with Gasteiger partial charge in [-0.1, -0.05) is 38.3 Å².